The minimum absolute atomic E-state index is 0.00122. The number of aryl methyl sites for hydroxylation is 1. The second-order valence-electron chi connectivity index (χ2n) is 4.29. The third-order valence-corrected chi connectivity index (χ3v) is 4.33. The third kappa shape index (κ3) is 4.94. The zero-order valence-corrected chi connectivity index (χ0v) is 13.0. The number of thioether (sulfide) groups is 1. The van der Waals surface area contributed by atoms with Gasteiger partial charge >= 0.3 is 5.97 Å². The number of aliphatic carboxylic acids is 1. The Kier molecular flexibility index (Phi) is 6.50. The summed E-state index contributed by atoms with van der Waals surface area (Å²) in [6.45, 7) is 4.00. The number of carboxylic acid groups (broad SMARTS) is 1. The molecule has 19 heavy (non-hydrogen) atoms. The fourth-order valence-electron chi connectivity index (χ4n) is 1.78. The SMILES string of the molecule is CCCc1nnc(SCC(=O)O)n1C(C)CS(C)=O. The van der Waals surface area contributed by atoms with E-state index in [4.69, 9.17) is 5.11 Å². The Morgan fingerprint density at radius 1 is 1.53 bits per heavy atom. The predicted octanol–water partition coefficient (Wildman–Crippen LogP) is 1.35. The summed E-state index contributed by atoms with van der Waals surface area (Å²) in [5.74, 6) is 0.401. The summed E-state index contributed by atoms with van der Waals surface area (Å²) in [5.41, 5.74) is 0. The van der Waals surface area contributed by atoms with Gasteiger partial charge in [0, 0.05) is 35.3 Å². The highest BCUT2D eigenvalue weighted by atomic mass is 32.2. The fraction of sp³-hybridized carbons (Fsp3) is 0.727. The average Bonchev–Trinajstić information content (AvgIpc) is 2.69. The van der Waals surface area contributed by atoms with E-state index in [0.29, 0.717) is 10.9 Å². The van der Waals surface area contributed by atoms with E-state index >= 15 is 0 Å². The van der Waals surface area contributed by atoms with Crippen molar-refractivity contribution in [3.8, 4) is 0 Å². The average molecular weight is 305 g/mol. The Morgan fingerprint density at radius 2 is 2.21 bits per heavy atom. The molecule has 1 heterocycles. The van der Waals surface area contributed by atoms with Crippen LogP contribution in [0.2, 0.25) is 0 Å². The molecular weight excluding hydrogens is 286 g/mol. The smallest absolute Gasteiger partial charge is 0.313 e. The fourth-order valence-corrected chi connectivity index (χ4v) is 3.39. The van der Waals surface area contributed by atoms with Gasteiger partial charge in [0.05, 0.1) is 5.75 Å². The van der Waals surface area contributed by atoms with Gasteiger partial charge in [-0.05, 0) is 13.3 Å². The first kappa shape index (κ1) is 16.2. The van der Waals surface area contributed by atoms with Crippen LogP contribution in [-0.4, -0.2) is 47.8 Å². The van der Waals surface area contributed by atoms with Crippen molar-refractivity contribution in [3.63, 3.8) is 0 Å². The van der Waals surface area contributed by atoms with Crippen LogP contribution in [0.4, 0.5) is 0 Å². The van der Waals surface area contributed by atoms with Gasteiger partial charge < -0.3 is 9.67 Å². The van der Waals surface area contributed by atoms with E-state index < -0.39 is 16.8 Å². The largest absolute Gasteiger partial charge is 0.481 e. The molecule has 0 bridgehead atoms. The van der Waals surface area contributed by atoms with Gasteiger partial charge in [0.2, 0.25) is 0 Å². The van der Waals surface area contributed by atoms with Gasteiger partial charge in [0.25, 0.3) is 0 Å². The van der Waals surface area contributed by atoms with Crippen LogP contribution < -0.4 is 0 Å². The Morgan fingerprint density at radius 3 is 2.74 bits per heavy atom. The minimum atomic E-state index is -0.915. The van der Waals surface area contributed by atoms with Gasteiger partial charge in [-0.1, -0.05) is 18.7 Å². The summed E-state index contributed by atoms with van der Waals surface area (Å²) >= 11 is 1.15. The topological polar surface area (TPSA) is 85.1 Å². The molecular formula is C11H19N3O3S2. The van der Waals surface area contributed by atoms with Gasteiger partial charge in [-0.25, -0.2) is 0 Å². The zero-order valence-electron chi connectivity index (χ0n) is 11.3. The van der Waals surface area contributed by atoms with Crippen LogP contribution in [0.15, 0.2) is 5.16 Å². The lowest BCUT2D eigenvalue weighted by molar-refractivity contribution is -0.133. The van der Waals surface area contributed by atoms with E-state index in [1.54, 1.807) is 6.26 Å². The maximum Gasteiger partial charge on any atom is 0.313 e. The van der Waals surface area contributed by atoms with Gasteiger partial charge in [-0.2, -0.15) is 0 Å². The van der Waals surface area contributed by atoms with E-state index in [1.807, 2.05) is 18.4 Å². The first-order valence-corrected chi connectivity index (χ1v) is 8.75. The molecule has 1 aromatic heterocycles. The van der Waals surface area contributed by atoms with Crippen LogP contribution in [0, 0.1) is 0 Å². The van der Waals surface area contributed by atoms with Gasteiger partial charge in [0.15, 0.2) is 5.16 Å². The molecule has 1 N–H and O–H groups in total. The van der Waals surface area contributed by atoms with Crippen LogP contribution in [0.5, 0.6) is 0 Å². The van der Waals surface area contributed by atoms with Crippen LogP contribution in [0.1, 0.15) is 32.1 Å². The van der Waals surface area contributed by atoms with Crippen molar-refractivity contribution in [1.29, 1.82) is 0 Å². The first-order valence-electron chi connectivity index (χ1n) is 6.04. The first-order chi connectivity index (χ1) is 8.95. The standard InChI is InChI=1S/C11H19N3O3S2/c1-4-5-9-12-13-11(18-6-10(15)16)14(9)8(2)7-19(3)17/h8H,4-7H2,1-3H3,(H,15,16). The molecule has 0 saturated carbocycles. The number of hydrogen-bond acceptors (Lipinski definition) is 5. The number of carboxylic acids is 1. The third-order valence-electron chi connectivity index (χ3n) is 2.45. The summed E-state index contributed by atoms with van der Waals surface area (Å²) in [4.78, 5) is 10.6. The minimum Gasteiger partial charge on any atom is -0.481 e. The monoisotopic (exact) mass is 305 g/mol. The lowest BCUT2D eigenvalue weighted by Crippen LogP contribution is -2.17. The molecule has 108 valence electrons. The number of hydrogen-bond donors (Lipinski definition) is 1. The molecule has 0 aliphatic carbocycles. The Labute approximate surface area is 119 Å². The summed E-state index contributed by atoms with van der Waals surface area (Å²) in [7, 11) is -0.915. The van der Waals surface area contributed by atoms with Crippen molar-refractivity contribution >= 4 is 28.5 Å². The van der Waals surface area contributed by atoms with Crippen LogP contribution in [0.25, 0.3) is 0 Å². The molecule has 6 nitrogen and oxygen atoms in total. The molecule has 8 heteroatoms. The highest BCUT2D eigenvalue weighted by Gasteiger charge is 2.18. The Hall–Kier alpha value is -0.890. The molecule has 0 radical (unpaired) electrons. The summed E-state index contributed by atoms with van der Waals surface area (Å²) < 4.78 is 13.3. The molecule has 0 saturated heterocycles. The normalized spacial score (nSPS) is 14.3. The summed E-state index contributed by atoms with van der Waals surface area (Å²) in [6.07, 6.45) is 3.37. The van der Waals surface area contributed by atoms with E-state index in [2.05, 4.69) is 10.2 Å². The molecule has 1 aromatic rings. The van der Waals surface area contributed by atoms with Crippen molar-refractivity contribution in [2.75, 3.05) is 17.8 Å². The molecule has 0 amide bonds. The van der Waals surface area contributed by atoms with Crippen molar-refractivity contribution < 1.29 is 14.1 Å². The lowest BCUT2D eigenvalue weighted by Gasteiger charge is -2.16. The second kappa shape index (κ2) is 7.64. The van der Waals surface area contributed by atoms with Gasteiger partial charge in [-0.15, -0.1) is 10.2 Å². The maximum absolute atomic E-state index is 11.4. The van der Waals surface area contributed by atoms with E-state index in [1.165, 1.54) is 0 Å². The van der Waals surface area contributed by atoms with Crippen LogP contribution in [-0.2, 0) is 22.0 Å². The summed E-state index contributed by atoms with van der Waals surface area (Å²) in [5, 5.41) is 17.5. The van der Waals surface area contributed by atoms with E-state index in [-0.39, 0.29) is 11.8 Å². The lowest BCUT2D eigenvalue weighted by atomic mass is 10.3. The van der Waals surface area contributed by atoms with Crippen molar-refractivity contribution in [2.24, 2.45) is 0 Å². The molecule has 0 spiro atoms. The molecule has 0 fully saturated rings. The quantitative estimate of drug-likeness (QED) is 0.730. The number of carbonyl (C=O) groups is 1. The zero-order chi connectivity index (χ0) is 14.4. The number of aromatic nitrogens is 3. The van der Waals surface area contributed by atoms with Crippen LogP contribution in [0.3, 0.4) is 0 Å². The summed E-state index contributed by atoms with van der Waals surface area (Å²) in [6, 6.07) is -0.00122. The molecule has 2 unspecified atom stereocenters. The van der Waals surface area contributed by atoms with Crippen molar-refractivity contribution in [1.82, 2.24) is 14.8 Å². The predicted molar refractivity (Wildman–Crippen MR) is 76.0 cm³/mol. The Bertz CT molecular complexity index is 462. The highest BCUT2D eigenvalue weighted by Crippen LogP contribution is 2.22. The highest BCUT2D eigenvalue weighted by molar-refractivity contribution is 7.99. The molecule has 0 aromatic carbocycles. The molecule has 1 rings (SSSR count). The molecule has 0 aliphatic rings. The van der Waals surface area contributed by atoms with Crippen molar-refractivity contribution in [2.45, 2.75) is 37.9 Å². The molecule has 0 aliphatic heterocycles. The van der Waals surface area contributed by atoms with Gasteiger partial charge in [-0.3, -0.25) is 9.00 Å². The van der Waals surface area contributed by atoms with E-state index in [9.17, 15) is 9.00 Å². The van der Waals surface area contributed by atoms with Crippen molar-refractivity contribution in [3.05, 3.63) is 5.82 Å². The molecule has 2 atom stereocenters. The van der Waals surface area contributed by atoms with Crippen LogP contribution >= 0.6 is 11.8 Å². The Balaban J connectivity index is 2.96. The second-order valence-corrected chi connectivity index (χ2v) is 6.71. The van der Waals surface area contributed by atoms with E-state index in [0.717, 1.165) is 30.4 Å². The number of rotatable bonds is 8. The number of nitrogens with zero attached hydrogens (tertiary/aromatic N) is 3. The maximum atomic E-state index is 11.4. The van der Waals surface area contributed by atoms with Gasteiger partial charge in [0.1, 0.15) is 5.82 Å².